The molecule has 0 aliphatic carbocycles. The summed E-state index contributed by atoms with van der Waals surface area (Å²) in [4.78, 5) is 0. The molecule has 0 aromatic carbocycles. The summed E-state index contributed by atoms with van der Waals surface area (Å²) in [7, 11) is 1.60. The number of aromatic nitrogens is 2. The molecule has 1 N–H and O–H groups in total. The maximum absolute atomic E-state index is 12.6. The second-order valence-electron chi connectivity index (χ2n) is 3.64. The van der Waals surface area contributed by atoms with Gasteiger partial charge in [-0.2, -0.15) is 13.9 Å². The van der Waals surface area contributed by atoms with Crippen molar-refractivity contribution in [1.82, 2.24) is 15.1 Å². The normalized spacial score (nSPS) is 12.5. The van der Waals surface area contributed by atoms with Crippen LogP contribution in [0.4, 0.5) is 17.6 Å². The van der Waals surface area contributed by atoms with Crippen LogP contribution in [0, 0.1) is 6.92 Å². The van der Waals surface area contributed by atoms with E-state index in [1.54, 1.807) is 14.0 Å². The Balaban J connectivity index is 2.57. The van der Waals surface area contributed by atoms with Crippen LogP contribution in [0.5, 0.6) is 0 Å². The molecule has 0 unspecified atom stereocenters. The van der Waals surface area contributed by atoms with Gasteiger partial charge in [0.15, 0.2) is 0 Å². The third-order valence-electron chi connectivity index (χ3n) is 2.25. The molecule has 1 aromatic heterocycles. The van der Waals surface area contributed by atoms with Gasteiger partial charge < -0.3 is 5.32 Å². The van der Waals surface area contributed by atoms with Crippen LogP contribution in [0.2, 0.25) is 5.15 Å². The van der Waals surface area contributed by atoms with Gasteiger partial charge in [0, 0.05) is 19.2 Å². The van der Waals surface area contributed by atoms with E-state index in [9.17, 15) is 17.6 Å². The Morgan fingerprint density at radius 3 is 2.47 bits per heavy atom. The lowest BCUT2D eigenvalue weighted by atomic mass is 10.2. The number of nitrogens with one attached hydrogen (secondary N) is 1. The van der Waals surface area contributed by atoms with Crippen LogP contribution in [0.1, 0.15) is 11.3 Å². The SMILES string of the molecule is Cc1nn(C)c(Cl)c1CNCC(F)(F)C(F)F. The van der Waals surface area contributed by atoms with Crippen LogP contribution < -0.4 is 5.32 Å². The molecule has 0 fully saturated rings. The largest absolute Gasteiger partial charge is 0.319 e. The number of alkyl halides is 4. The third kappa shape index (κ3) is 3.32. The van der Waals surface area contributed by atoms with Crippen molar-refractivity contribution in [3.63, 3.8) is 0 Å². The van der Waals surface area contributed by atoms with Gasteiger partial charge in [-0.25, -0.2) is 8.78 Å². The lowest BCUT2D eigenvalue weighted by Gasteiger charge is -2.15. The van der Waals surface area contributed by atoms with Crippen molar-refractivity contribution >= 4 is 11.6 Å². The second-order valence-corrected chi connectivity index (χ2v) is 4.00. The summed E-state index contributed by atoms with van der Waals surface area (Å²) in [5.41, 5.74) is 1.10. The van der Waals surface area contributed by atoms with Crippen LogP contribution >= 0.6 is 11.6 Å². The van der Waals surface area contributed by atoms with Gasteiger partial charge in [0.2, 0.25) is 0 Å². The standard InChI is InChI=1S/C9H12ClF4N3/c1-5-6(7(10)17(2)16-5)3-15-4-9(13,14)8(11)12/h8,15H,3-4H2,1-2H3. The molecular weight excluding hydrogens is 262 g/mol. The highest BCUT2D eigenvalue weighted by atomic mass is 35.5. The lowest BCUT2D eigenvalue weighted by molar-refractivity contribution is -0.125. The first-order valence-electron chi connectivity index (χ1n) is 4.80. The van der Waals surface area contributed by atoms with E-state index in [4.69, 9.17) is 11.6 Å². The van der Waals surface area contributed by atoms with Crippen molar-refractivity contribution in [3.8, 4) is 0 Å². The minimum atomic E-state index is -4.04. The Kier molecular flexibility index (Phi) is 4.37. The fraction of sp³-hybridized carbons (Fsp3) is 0.667. The molecule has 0 aliphatic rings. The van der Waals surface area contributed by atoms with Gasteiger partial charge in [0.1, 0.15) is 5.15 Å². The first-order chi connectivity index (χ1) is 7.75. The van der Waals surface area contributed by atoms with E-state index in [1.165, 1.54) is 4.68 Å². The fourth-order valence-electron chi connectivity index (χ4n) is 1.31. The number of rotatable bonds is 5. The molecule has 1 aromatic rings. The van der Waals surface area contributed by atoms with Crippen molar-refractivity contribution in [2.75, 3.05) is 6.54 Å². The molecule has 3 nitrogen and oxygen atoms in total. The average Bonchev–Trinajstić information content (AvgIpc) is 2.44. The first-order valence-corrected chi connectivity index (χ1v) is 5.18. The van der Waals surface area contributed by atoms with Crippen molar-refractivity contribution in [1.29, 1.82) is 0 Å². The van der Waals surface area contributed by atoms with E-state index in [-0.39, 0.29) is 6.54 Å². The van der Waals surface area contributed by atoms with E-state index < -0.39 is 18.9 Å². The zero-order chi connectivity index (χ0) is 13.2. The third-order valence-corrected chi connectivity index (χ3v) is 2.72. The van der Waals surface area contributed by atoms with Crippen molar-refractivity contribution in [2.24, 2.45) is 7.05 Å². The van der Waals surface area contributed by atoms with Crippen LogP contribution in [-0.2, 0) is 13.6 Å². The van der Waals surface area contributed by atoms with Crippen LogP contribution in [0.15, 0.2) is 0 Å². The highest BCUT2D eigenvalue weighted by molar-refractivity contribution is 6.30. The maximum atomic E-state index is 12.6. The molecule has 98 valence electrons. The zero-order valence-corrected chi connectivity index (χ0v) is 10.0. The van der Waals surface area contributed by atoms with Gasteiger partial charge in [-0.3, -0.25) is 4.68 Å². The Morgan fingerprint density at radius 1 is 1.47 bits per heavy atom. The predicted molar refractivity (Wildman–Crippen MR) is 55.6 cm³/mol. The van der Waals surface area contributed by atoms with Gasteiger partial charge in [-0.05, 0) is 6.92 Å². The van der Waals surface area contributed by atoms with Crippen molar-refractivity contribution in [3.05, 3.63) is 16.4 Å². The minimum Gasteiger partial charge on any atom is -0.307 e. The van der Waals surface area contributed by atoms with E-state index in [2.05, 4.69) is 10.4 Å². The zero-order valence-electron chi connectivity index (χ0n) is 9.28. The van der Waals surface area contributed by atoms with Gasteiger partial charge in [-0.1, -0.05) is 11.6 Å². The smallest absolute Gasteiger partial charge is 0.307 e. The lowest BCUT2D eigenvalue weighted by Crippen LogP contribution is -2.38. The van der Waals surface area contributed by atoms with E-state index in [0.717, 1.165) is 0 Å². The topological polar surface area (TPSA) is 29.9 Å². The molecule has 1 heterocycles. The number of hydrogen-bond donors (Lipinski definition) is 1. The van der Waals surface area contributed by atoms with Gasteiger partial charge >= 0.3 is 12.3 Å². The molecule has 0 atom stereocenters. The van der Waals surface area contributed by atoms with Crippen molar-refractivity contribution < 1.29 is 17.6 Å². The van der Waals surface area contributed by atoms with Gasteiger partial charge in [-0.15, -0.1) is 0 Å². The molecule has 0 aliphatic heterocycles. The summed E-state index contributed by atoms with van der Waals surface area (Å²) in [6.45, 7) is 0.532. The number of nitrogens with zero attached hydrogens (tertiary/aromatic N) is 2. The summed E-state index contributed by atoms with van der Waals surface area (Å²) in [6.07, 6.45) is -3.68. The van der Waals surface area contributed by atoms with Crippen LogP contribution in [0.25, 0.3) is 0 Å². The summed E-state index contributed by atoms with van der Waals surface area (Å²) in [5.74, 6) is -4.04. The minimum absolute atomic E-state index is 0.0270. The molecule has 0 radical (unpaired) electrons. The highest BCUT2D eigenvalue weighted by Gasteiger charge is 2.40. The Bertz CT molecular complexity index is 392. The molecule has 0 amide bonds. The molecule has 8 heteroatoms. The first kappa shape index (κ1) is 14.2. The van der Waals surface area contributed by atoms with Crippen molar-refractivity contribution in [2.45, 2.75) is 25.8 Å². The maximum Gasteiger partial charge on any atom is 0.319 e. The summed E-state index contributed by atoms with van der Waals surface area (Å²) in [6, 6.07) is 0. The number of aryl methyl sites for hydroxylation is 2. The van der Waals surface area contributed by atoms with Gasteiger partial charge in [0.05, 0.1) is 12.2 Å². The summed E-state index contributed by atoms with van der Waals surface area (Å²) >= 11 is 5.85. The molecule has 0 bridgehead atoms. The van der Waals surface area contributed by atoms with Crippen LogP contribution in [-0.4, -0.2) is 28.7 Å². The Labute approximate surface area is 101 Å². The highest BCUT2D eigenvalue weighted by Crippen LogP contribution is 2.22. The van der Waals surface area contributed by atoms with E-state index >= 15 is 0 Å². The predicted octanol–water partition coefficient (Wildman–Crippen LogP) is 2.37. The summed E-state index contributed by atoms with van der Waals surface area (Å²) < 4.78 is 50.3. The molecule has 0 saturated carbocycles. The monoisotopic (exact) mass is 273 g/mol. The summed E-state index contributed by atoms with van der Waals surface area (Å²) in [5, 5.41) is 6.52. The Morgan fingerprint density at radius 2 is 2.06 bits per heavy atom. The molecule has 0 saturated heterocycles. The van der Waals surface area contributed by atoms with Crippen LogP contribution in [0.3, 0.4) is 0 Å². The Hall–Kier alpha value is -0.820. The molecule has 0 spiro atoms. The number of hydrogen-bond acceptors (Lipinski definition) is 2. The second kappa shape index (κ2) is 5.22. The van der Waals surface area contributed by atoms with Gasteiger partial charge in [0.25, 0.3) is 0 Å². The quantitative estimate of drug-likeness (QED) is 0.835. The van der Waals surface area contributed by atoms with E-state index in [1.807, 2.05) is 0 Å². The fourth-order valence-corrected chi connectivity index (χ4v) is 1.55. The van der Waals surface area contributed by atoms with E-state index in [0.29, 0.717) is 16.4 Å². The average molecular weight is 274 g/mol. The molecule has 1 rings (SSSR count). The number of halogens is 5. The molecular formula is C9H12ClF4N3. The molecule has 17 heavy (non-hydrogen) atoms.